The van der Waals surface area contributed by atoms with E-state index in [0.717, 1.165) is 12.7 Å². The molecule has 81 heavy (non-hydrogen) atoms. The number of halogens is 2. The number of carbonyl (C=O) groups is 6. The molecule has 0 aliphatic carbocycles. The lowest BCUT2D eigenvalue weighted by Crippen LogP contribution is -2.38. The van der Waals surface area contributed by atoms with Crippen LogP contribution in [-0.2, 0) is 62.2 Å². The van der Waals surface area contributed by atoms with Gasteiger partial charge in [0.1, 0.15) is 51.2 Å². The van der Waals surface area contributed by atoms with Crippen LogP contribution in [0.1, 0.15) is 93.5 Å². The van der Waals surface area contributed by atoms with E-state index < -0.39 is 90.8 Å². The second-order valence-corrected chi connectivity index (χ2v) is 22.0. The van der Waals surface area contributed by atoms with Crippen LogP contribution in [0.2, 0.25) is 0 Å². The number of benzene rings is 5. The Morgan fingerprint density at radius 1 is 0.531 bits per heavy atom. The molecule has 0 radical (unpaired) electrons. The van der Waals surface area contributed by atoms with E-state index in [1.165, 1.54) is 118 Å². The molecule has 0 aliphatic heterocycles. The minimum Gasteiger partial charge on any atom is -0.508 e. The molecule has 0 spiro atoms. The fourth-order valence-electron chi connectivity index (χ4n) is 5.67. The fraction of sp³-hybridized carbons (Fsp3) is 0.321. The number of hydrogen-bond donors (Lipinski definition) is 9. The van der Waals surface area contributed by atoms with Gasteiger partial charge in [0.2, 0.25) is 9.23 Å². The fourth-order valence-corrected chi connectivity index (χ4v) is 6.60. The molecular weight excluding hydrogens is 1150 g/mol. The van der Waals surface area contributed by atoms with Crippen LogP contribution >= 0.6 is 21.4 Å². The van der Waals surface area contributed by atoms with Crippen molar-refractivity contribution < 1.29 is 94.8 Å². The Kier molecular flexibility index (Phi) is 32.4. The van der Waals surface area contributed by atoms with Gasteiger partial charge in [-0.3, -0.25) is 9.59 Å². The maximum Gasteiger partial charge on any atom is 0.408 e. The predicted molar refractivity (Wildman–Crippen MR) is 300 cm³/mol. The molecule has 0 heterocycles. The van der Waals surface area contributed by atoms with E-state index in [4.69, 9.17) is 54.5 Å². The molecule has 5 rings (SSSR count). The number of esters is 3. The van der Waals surface area contributed by atoms with Gasteiger partial charge in [0.25, 0.3) is 0 Å². The number of aromatic hydroxyl groups is 3. The summed E-state index contributed by atoms with van der Waals surface area (Å²) in [4.78, 5) is 69.1. The highest BCUT2D eigenvalue weighted by atomic mass is 36.0. The maximum atomic E-state index is 12.4. The molecule has 4 atom stereocenters. The summed E-state index contributed by atoms with van der Waals surface area (Å²) in [5.41, 5.74) is 12.3. The minimum absolute atomic E-state index is 0.0243. The maximum absolute atomic E-state index is 12.4. The van der Waals surface area contributed by atoms with Crippen molar-refractivity contribution in [2.45, 2.75) is 88.7 Å². The second-order valence-electron chi connectivity index (χ2n) is 17.9. The Morgan fingerprint density at radius 3 is 1.12 bits per heavy atom. The third-order valence-electron chi connectivity index (χ3n) is 9.38. The van der Waals surface area contributed by atoms with Gasteiger partial charge in [0.05, 0.1) is 21.3 Å². The van der Waals surface area contributed by atoms with Gasteiger partial charge in [0, 0.05) is 28.5 Å². The van der Waals surface area contributed by atoms with Crippen LogP contribution < -0.4 is 26.3 Å². The number of carboxylic acids is 1. The lowest BCUT2D eigenvalue weighted by molar-refractivity contribution is -0.144. The van der Waals surface area contributed by atoms with E-state index in [2.05, 4.69) is 41.5 Å². The average Bonchev–Trinajstić information content (AvgIpc) is 3.39. The van der Waals surface area contributed by atoms with Gasteiger partial charge in [0.15, 0.2) is 12.1 Å². The van der Waals surface area contributed by atoms with Crippen LogP contribution in [0.15, 0.2) is 126 Å². The standard InChI is InChI=1S/C21H25NO7S.C14H19NO5.C9H11NO3.C8H9NO3.CH4O.Cl2OS/c1-14-6-12-17(13-7-14)30(25,26)29-16-10-8-15(9-11-16)18(19(23)27-5)22-20(24)28-21(2,3)4;1-14(2,3)20-13(18)15-11(12(17)19-4)9-5-7-10(16)8-6-9;1-13-9(12)8(10)6-2-4-7(11)5-3-6;9-7(8(11)12)5-1-3-6(10)4-2-5;1-2;1-4(2)3/h6-13,18H,1-5H3,(H,22,24);5-8,11,16H,1-4H3,(H,15,18);2-5,8,11H,10H2,1H3;1-4,7,10H,9H2,(H,11,12);2H,1H3;/t18-;11-;8-;7-;;/m1111../s1. The number of hydrogen-bond acceptors (Lipinski definition) is 21. The van der Waals surface area contributed by atoms with Crippen molar-refractivity contribution in [3.8, 4) is 23.0 Å². The molecule has 0 bridgehead atoms. The summed E-state index contributed by atoms with van der Waals surface area (Å²) in [7, 11) is 8.05. The molecule has 0 saturated carbocycles. The van der Waals surface area contributed by atoms with Crippen molar-refractivity contribution in [1.82, 2.24) is 10.6 Å². The zero-order chi connectivity index (χ0) is 62.4. The van der Waals surface area contributed by atoms with E-state index in [0.29, 0.717) is 22.3 Å². The van der Waals surface area contributed by atoms with Crippen molar-refractivity contribution in [2.75, 3.05) is 28.4 Å². The van der Waals surface area contributed by atoms with Gasteiger partial charge in [-0.05, 0) is 131 Å². The SMILES string of the molecule is CO.COC(=O)[C@H](N)c1ccc(O)cc1.COC(=O)[C@H](NC(=O)OC(C)(C)C)c1ccc(O)cc1.COC(=O)[C@H](NC(=O)OC(C)(C)C)c1ccc(OS(=O)(=O)c2ccc(C)cc2)cc1.N[C@@H](C(=O)O)c1ccc(O)cc1.O=S(Cl)Cl. The first-order valence-electron chi connectivity index (χ1n) is 23.3. The number of methoxy groups -OCH3 is 3. The Labute approximate surface area is 480 Å². The van der Waals surface area contributed by atoms with E-state index in [1.807, 2.05) is 6.92 Å². The molecule has 5 aromatic carbocycles. The highest BCUT2D eigenvalue weighted by Crippen LogP contribution is 2.24. The first-order chi connectivity index (χ1) is 37.6. The Hall–Kier alpha value is -7.72. The number of carboxylic acid groups (broad SMARTS) is 1. The third-order valence-corrected chi connectivity index (χ3v) is 10.6. The van der Waals surface area contributed by atoms with Gasteiger partial charge >= 0.3 is 46.2 Å². The average molecular weight is 1220 g/mol. The molecule has 0 fully saturated rings. The van der Waals surface area contributed by atoms with Gasteiger partial charge in [-0.25, -0.2) is 23.4 Å². The number of aliphatic carboxylic acids is 1. The number of phenolic OH excluding ortho intramolecular Hbond substituents is 3. The Bertz CT molecular complexity index is 2880. The molecule has 2 amide bonds. The largest absolute Gasteiger partial charge is 0.508 e. The zero-order valence-corrected chi connectivity index (χ0v) is 49.1. The predicted octanol–water partition coefficient (Wildman–Crippen LogP) is 7.33. The monoisotopic (exact) mass is 1210 g/mol. The molecule has 0 unspecified atom stereocenters. The lowest BCUT2D eigenvalue weighted by Gasteiger charge is -2.22. The molecule has 24 nitrogen and oxygen atoms in total. The number of aryl methyl sites for hydroxylation is 1. The summed E-state index contributed by atoms with van der Waals surface area (Å²) in [5, 5.41) is 47.5. The lowest BCUT2D eigenvalue weighted by atomic mass is 10.1. The van der Waals surface area contributed by atoms with Crippen LogP contribution in [0.25, 0.3) is 0 Å². The number of alkyl carbamates (subject to hydrolysis) is 2. The van der Waals surface area contributed by atoms with Crippen molar-refractivity contribution in [1.29, 1.82) is 0 Å². The van der Waals surface area contributed by atoms with Crippen LogP contribution in [-0.4, -0.2) is 114 Å². The molecular formula is C53H68Cl2N4O20S2. The Balaban J connectivity index is 0.00000108. The summed E-state index contributed by atoms with van der Waals surface area (Å²) >= 11 is 0. The quantitative estimate of drug-likeness (QED) is 0.0241. The van der Waals surface area contributed by atoms with Gasteiger partial charge in [-0.15, -0.1) is 0 Å². The topological polar surface area (TPSA) is 386 Å². The molecule has 0 aliphatic rings. The normalized spacial score (nSPS) is 12.0. The van der Waals surface area contributed by atoms with E-state index in [-0.39, 0.29) is 27.9 Å². The van der Waals surface area contributed by atoms with Crippen LogP contribution in [0, 0.1) is 6.92 Å². The number of ether oxygens (including phenoxy) is 5. The number of nitrogens with two attached hydrogens (primary N) is 2. The van der Waals surface area contributed by atoms with Gasteiger partial charge in [-0.2, -0.15) is 8.42 Å². The second kappa shape index (κ2) is 35.8. The first-order valence-corrected chi connectivity index (χ1v) is 27.5. The number of aliphatic hydroxyl groups excluding tert-OH is 1. The summed E-state index contributed by atoms with van der Waals surface area (Å²) < 4.78 is 63.2. The molecule has 11 N–H and O–H groups in total. The third kappa shape index (κ3) is 29.9. The highest BCUT2D eigenvalue weighted by Gasteiger charge is 2.28. The van der Waals surface area contributed by atoms with Crippen molar-refractivity contribution in [3.63, 3.8) is 0 Å². The number of phenols is 3. The van der Waals surface area contributed by atoms with E-state index in [9.17, 15) is 42.3 Å². The van der Waals surface area contributed by atoms with E-state index in [1.54, 1.807) is 65.8 Å². The number of rotatable bonds is 13. The smallest absolute Gasteiger partial charge is 0.408 e. The number of aliphatic hydroxyl groups is 1. The number of nitrogens with one attached hydrogen (secondary N) is 2. The first kappa shape index (κ1) is 73.3. The van der Waals surface area contributed by atoms with Crippen LogP contribution in [0.3, 0.4) is 0 Å². The van der Waals surface area contributed by atoms with Crippen molar-refractivity contribution in [3.05, 3.63) is 149 Å². The summed E-state index contributed by atoms with van der Waals surface area (Å²) in [6, 6.07) is 25.7. The summed E-state index contributed by atoms with van der Waals surface area (Å²) in [5.74, 6) is -2.55. The summed E-state index contributed by atoms with van der Waals surface area (Å²) in [6.45, 7) is 12.1. The summed E-state index contributed by atoms with van der Waals surface area (Å²) in [6.07, 6.45) is -1.51. The molecule has 0 saturated heterocycles. The molecule has 5 aromatic rings. The Morgan fingerprint density at radius 2 is 0.827 bits per heavy atom. The van der Waals surface area contributed by atoms with Crippen molar-refractivity contribution >= 4 is 76.8 Å². The zero-order valence-electron chi connectivity index (χ0n) is 45.9. The minimum atomic E-state index is -4.00. The van der Waals surface area contributed by atoms with E-state index >= 15 is 0 Å². The van der Waals surface area contributed by atoms with Crippen LogP contribution in [0.5, 0.6) is 23.0 Å². The molecule has 0 aromatic heterocycles. The molecule has 28 heteroatoms. The van der Waals surface area contributed by atoms with Crippen molar-refractivity contribution in [2.24, 2.45) is 11.5 Å². The molecule has 446 valence electrons. The van der Waals surface area contributed by atoms with Gasteiger partial charge in [-0.1, -0.05) is 66.2 Å². The van der Waals surface area contributed by atoms with Crippen LogP contribution in [0.4, 0.5) is 9.59 Å². The highest BCUT2D eigenvalue weighted by molar-refractivity contribution is 8.26. The number of carbonyl (C=O) groups excluding carboxylic acids is 5. The van der Waals surface area contributed by atoms with Gasteiger partial charge < -0.3 is 75.5 Å². The number of amides is 2.